The van der Waals surface area contributed by atoms with Crippen molar-refractivity contribution in [3.8, 4) is 0 Å². The zero-order valence-corrected chi connectivity index (χ0v) is 14.8. The smallest absolute Gasteiger partial charge is 0.263 e. The molecule has 0 atom stereocenters. The van der Waals surface area contributed by atoms with Gasteiger partial charge in [-0.25, -0.2) is 13.4 Å². The lowest BCUT2D eigenvalue weighted by molar-refractivity contribution is 0.599. The number of anilines is 1. The van der Waals surface area contributed by atoms with Crippen LogP contribution in [0.25, 0.3) is 0 Å². The number of aromatic nitrogens is 1. The van der Waals surface area contributed by atoms with E-state index in [0.29, 0.717) is 10.7 Å². The first-order valence-electron chi connectivity index (χ1n) is 6.44. The number of nitrogens with one attached hydrogen (secondary N) is 1. The van der Waals surface area contributed by atoms with Crippen LogP contribution in [0.4, 0.5) is 5.82 Å². The van der Waals surface area contributed by atoms with E-state index in [0.717, 1.165) is 26.7 Å². The summed E-state index contributed by atoms with van der Waals surface area (Å²) in [5.74, 6) is 0.302. The Morgan fingerprint density at radius 3 is 2.10 bits per heavy atom. The second-order valence-electron chi connectivity index (χ2n) is 5.06. The van der Waals surface area contributed by atoms with Gasteiger partial charge < -0.3 is 0 Å². The van der Waals surface area contributed by atoms with Gasteiger partial charge in [-0.05, 0) is 78.0 Å². The van der Waals surface area contributed by atoms with Crippen LogP contribution in [0.5, 0.6) is 0 Å². The van der Waals surface area contributed by atoms with E-state index >= 15 is 0 Å². The van der Waals surface area contributed by atoms with Crippen LogP contribution in [-0.2, 0) is 10.0 Å². The van der Waals surface area contributed by atoms with E-state index < -0.39 is 10.0 Å². The number of nitrogens with zero attached hydrogens (tertiary/aromatic N) is 1. The third-order valence-electron chi connectivity index (χ3n) is 3.53. The van der Waals surface area contributed by atoms with Gasteiger partial charge in [-0.15, -0.1) is 0 Å². The number of halogens is 1. The molecule has 1 heterocycles. The van der Waals surface area contributed by atoms with Crippen LogP contribution in [0, 0.1) is 27.7 Å². The molecule has 0 fully saturated rings. The summed E-state index contributed by atoms with van der Waals surface area (Å²) in [5.41, 5.74) is 3.45. The third-order valence-corrected chi connectivity index (χ3v) is 5.63. The highest BCUT2D eigenvalue weighted by Gasteiger charge is 2.22. The molecule has 2 rings (SSSR count). The quantitative estimate of drug-likeness (QED) is 0.893. The molecule has 0 aliphatic rings. The molecule has 0 unspecified atom stereocenters. The first-order valence-corrected chi connectivity index (χ1v) is 8.72. The average Bonchev–Trinajstić information content (AvgIpc) is 2.39. The fourth-order valence-electron chi connectivity index (χ4n) is 2.21. The van der Waals surface area contributed by atoms with Crippen molar-refractivity contribution in [2.75, 3.05) is 4.72 Å². The van der Waals surface area contributed by atoms with E-state index in [-0.39, 0.29) is 0 Å². The van der Waals surface area contributed by atoms with Crippen molar-refractivity contribution in [2.24, 2.45) is 0 Å². The first kappa shape index (κ1) is 16.0. The Morgan fingerprint density at radius 1 is 1.05 bits per heavy atom. The molecule has 0 amide bonds. The molecule has 112 valence electrons. The number of benzene rings is 1. The number of aryl methyl sites for hydroxylation is 2. The van der Waals surface area contributed by atoms with Crippen LogP contribution in [0.15, 0.2) is 33.8 Å². The average molecular weight is 369 g/mol. The number of rotatable bonds is 3. The molecule has 0 aliphatic heterocycles. The van der Waals surface area contributed by atoms with E-state index in [1.54, 1.807) is 18.3 Å². The van der Waals surface area contributed by atoms with Gasteiger partial charge in [-0.2, -0.15) is 0 Å². The van der Waals surface area contributed by atoms with Crippen molar-refractivity contribution in [2.45, 2.75) is 32.6 Å². The van der Waals surface area contributed by atoms with Gasteiger partial charge in [0.2, 0.25) is 0 Å². The van der Waals surface area contributed by atoms with E-state index in [9.17, 15) is 8.42 Å². The molecule has 0 spiro atoms. The van der Waals surface area contributed by atoms with Crippen LogP contribution in [-0.4, -0.2) is 13.4 Å². The van der Waals surface area contributed by atoms with Gasteiger partial charge >= 0.3 is 0 Å². The second-order valence-corrected chi connectivity index (χ2v) is 7.59. The van der Waals surface area contributed by atoms with E-state index in [4.69, 9.17) is 0 Å². The zero-order valence-electron chi connectivity index (χ0n) is 12.4. The summed E-state index contributed by atoms with van der Waals surface area (Å²) < 4.78 is 28.7. The molecule has 0 saturated heterocycles. The summed E-state index contributed by atoms with van der Waals surface area (Å²) in [6, 6.07) is 5.36. The minimum Gasteiger partial charge on any atom is -0.263 e. The molecule has 1 aromatic heterocycles. The van der Waals surface area contributed by atoms with Gasteiger partial charge in [-0.1, -0.05) is 6.07 Å². The lowest BCUT2D eigenvalue weighted by atomic mass is 10.0. The van der Waals surface area contributed by atoms with Gasteiger partial charge in [0.15, 0.2) is 0 Å². The summed E-state index contributed by atoms with van der Waals surface area (Å²) in [6.07, 6.45) is 1.55. The Balaban J connectivity index is 2.52. The van der Waals surface area contributed by atoms with Crippen LogP contribution in [0.3, 0.4) is 0 Å². The van der Waals surface area contributed by atoms with Crippen molar-refractivity contribution in [1.29, 1.82) is 0 Å². The predicted molar refractivity (Wildman–Crippen MR) is 88.1 cm³/mol. The van der Waals surface area contributed by atoms with Gasteiger partial charge in [0, 0.05) is 10.7 Å². The largest absolute Gasteiger partial charge is 0.263 e. The highest BCUT2D eigenvalue weighted by Crippen LogP contribution is 2.27. The Kier molecular flexibility index (Phi) is 4.39. The number of pyridine rings is 1. The molecule has 0 aliphatic carbocycles. The van der Waals surface area contributed by atoms with Crippen LogP contribution in [0.2, 0.25) is 0 Å². The highest BCUT2D eigenvalue weighted by molar-refractivity contribution is 9.10. The van der Waals surface area contributed by atoms with Crippen molar-refractivity contribution >= 4 is 31.8 Å². The molecule has 2 aromatic rings. The maximum absolute atomic E-state index is 12.7. The van der Waals surface area contributed by atoms with Crippen molar-refractivity contribution in [3.63, 3.8) is 0 Å². The minimum absolute atomic E-state index is 0.302. The number of hydrogen-bond acceptors (Lipinski definition) is 3. The SMILES string of the molecule is Cc1cc(C)c(C)c(S(=O)(=O)Nc2ccc(Br)cn2)c1C. The van der Waals surface area contributed by atoms with Crippen molar-refractivity contribution in [1.82, 2.24) is 4.98 Å². The Hall–Kier alpha value is -1.40. The molecular formula is C15H17BrN2O2S. The topological polar surface area (TPSA) is 59.1 Å². The van der Waals surface area contributed by atoms with Crippen LogP contribution in [0.1, 0.15) is 22.3 Å². The molecule has 0 radical (unpaired) electrons. The first-order chi connectivity index (χ1) is 9.72. The van der Waals surface area contributed by atoms with Crippen molar-refractivity contribution < 1.29 is 8.42 Å². The standard InChI is InChI=1S/C15H17BrN2O2S/c1-9-7-10(2)12(4)15(11(9)3)21(19,20)18-14-6-5-13(16)8-17-14/h5-8H,1-4H3,(H,17,18). The lowest BCUT2D eigenvalue weighted by Gasteiger charge is -2.16. The fraction of sp³-hybridized carbons (Fsp3) is 0.267. The summed E-state index contributed by atoms with van der Waals surface area (Å²) in [5, 5.41) is 0. The van der Waals surface area contributed by atoms with Crippen LogP contribution >= 0.6 is 15.9 Å². The number of hydrogen-bond donors (Lipinski definition) is 1. The third kappa shape index (κ3) is 3.27. The summed E-state index contributed by atoms with van der Waals surface area (Å²) in [6.45, 7) is 7.48. The predicted octanol–water partition coefficient (Wildman–Crippen LogP) is 3.88. The Labute approximate surface area is 133 Å². The maximum atomic E-state index is 12.7. The molecular weight excluding hydrogens is 352 g/mol. The highest BCUT2D eigenvalue weighted by atomic mass is 79.9. The monoisotopic (exact) mass is 368 g/mol. The molecule has 1 N–H and O–H groups in total. The second kappa shape index (κ2) is 5.77. The molecule has 1 aromatic carbocycles. The molecule has 21 heavy (non-hydrogen) atoms. The maximum Gasteiger partial charge on any atom is 0.263 e. The van der Waals surface area contributed by atoms with E-state index in [1.807, 2.05) is 33.8 Å². The van der Waals surface area contributed by atoms with Crippen LogP contribution < -0.4 is 4.72 Å². The van der Waals surface area contributed by atoms with Gasteiger partial charge in [0.25, 0.3) is 10.0 Å². The van der Waals surface area contributed by atoms with E-state index in [1.165, 1.54) is 0 Å². The summed E-state index contributed by atoms with van der Waals surface area (Å²) >= 11 is 3.27. The summed E-state index contributed by atoms with van der Waals surface area (Å²) in [7, 11) is -3.66. The number of sulfonamides is 1. The normalized spacial score (nSPS) is 11.5. The van der Waals surface area contributed by atoms with Gasteiger partial charge in [0.05, 0.1) is 4.90 Å². The Bertz CT molecular complexity index is 758. The van der Waals surface area contributed by atoms with Gasteiger partial charge in [0.1, 0.15) is 5.82 Å². The van der Waals surface area contributed by atoms with Crippen molar-refractivity contribution in [3.05, 3.63) is 51.1 Å². The molecule has 0 bridgehead atoms. The Morgan fingerprint density at radius 2 is 1.62 bits per heavy atom. The lowest BCUT2D eigenvalue weighted by Crippen LogP contribution is -2.17. The van der Waals surface area contributed by atoms with Gasteiger partial charge in [-0.3, -0.25) is 4.72 Å². The minimum atomic E-state index is -3.66. The molecule has 6 heteroatoms. The summed E-state index contributed by atoms with van der Waals surface area (Å²) in [4.78, 5) is 4.39. The fourth-order valence-corrected chi connectivity index (χ4v) is 4.07. The molecule has 4 nitrogen and oxygen atoms in total. The zero-order chi connectivity index (χ0) is 15.8. The molecule has 0 saturated carbocycles. The van der Waals surface area contributed by atoms with E-state index in [2.05, 4.69) is 25.6 Å².